The summed E-state index contributed by atoms with van der Waals surface area (Å²) in [5.41, 5.74) is 2.70. The Bertz CT molecular complexity index is 773. The number of halogens is 1. The number of carbonyl (C=O) groups is 2. The second kappa shape index (κ2) is 6.42. The molecule has 1 aliphatic heterocycles. The van der Waals surface area contributed by atoms with E-state index in [2.05, 4.69) is 0 Å². The summed E-state index contributed by atoms with van der Waals surface area (Å²) in [5, 5.41) is 0.425. The number of carbonyl (C=O) groups excluding carboxylic acids is 2. The number of methoxy groups -OCH3 is 1. The highest BCUT2D eigenvalue weighted by Crippen LogP contribution is 2.31. The number of hydrogen-bond donors (Lipinski definition) is 0. The van der Waals surface area contributed by atoms with E-state index in [1.807, 2.05) is 6.07 Å². The summed E-state index contributed by atoms with van der Waals surface area (Å²) < 4.78 is 4.76. The number of amides is 1. The van der Waals surface area contributed by atoms with E-state index in [1.54, 1.807) is 41.3 Å². The van der Waals surface area contributed by atoms with E-state index >= 15 is 0 Å². The number of fused-ring (bicyclic) bond motifs is 1. The first-order valence-electron chi connectivity index (χ1n) is 7.39. The molecule has 0 N–H and O–H groups in total. The third kappa shape index (κ3) is 2.94. The fourth-order valence-electron chi connectivity index (χ4n) is 2.81. The van der Waals surface area contributed by atoms with Crippen LogP contribution in [0, 0.1) is 0 Å². The molecule has 2 aromatic rings. The van der Waals surface area contributed by atoms with Gasteiger partial charge in [-0.1, -0.05) is 29.8 Å². The predicted molar refractivity (Wildman–Crippen MR) is 89.2 cm³/mol. The molecule has 3 rings (SSSR count). The number of anilines is 1. The Morgan fingerprint density at radius 2 is 1.96 bits per heavy atom. The van der Waals surface area contributed by atoms with Crippen LogP contribution in [0.1, 0.15) is 32.7 Å². The second-order valence-electron chi connectivity index (χ2n) is 5.38. The first kappa shape index (κ1) is 15.6. The van der Waals surface area contributed by atoms with Crippen LogP contribution in [0.3, 0.4) is 0 Å². The molecule has 1 heterocycles. The van der Waals surface area contributed by atoms with E-state index in [-0.39, 0.29) is 5.91 Å². The van der Waals surface area contributed by atoms with Gasteiger partial charge in [-0.25, -0.2) is 4.79 Å². The Morgan fingerprint density at radius 1 is 1.17 bits per heavy atom. The second-order valence-corrected chi connectivity index (χ2v) is 5.78. The third-order valence-electron chi connectivity index (χ3n) is 3.97. The van der Waals surface area contributed by atoms with Crippen molar-refractivity contribution >= 4 is 29.2 Å². The largest absolute Gasteiger partial charge is 0.465 e. The average Bonchev–Trinajstić information content (AvgIpc) is 2.60. The summed E-state index contributed by atoms with van der Waals surface area (Å²) in [6.07, 6.45) is 1.75. The van der Waals surface area contributed by atoms with Crippen LogP contribution in [0.15, 0.2) is 42.5 Å². The Labute approximate surface area is 139 Å². The normalized spacial score (nSPS) is 13.4. The minimum absolute atomic E-state index is 0.154. The zero-order valence-corrected chi connectivity index (χ0v) is 13.5. The van der Waals surface area contributed by atoms with Crippen molar-refractivity contribution in [3.8, 4) is 0 Å². The summed E-state index contributed by atoms with van der Waals surface area (Å²) in [7, 11) is 1.34. The Hall–Kier alpha value is -2.33. The van der Waals surface area contributed by atoms with Crippen LogP contribution in [0.5, 0.6) is 0 Å². The molecule has 0 aliphatic carbocycles. The minimum atomic E-state index is -0.413. The molecule has 2 aromatic carbocycles. The Balaban J connectivity index is 2.02. The molecule has 118 valence electrons. The van der Waals surface area contributed by atoms with Crippen LogP contribution < -0.4 is 4.90 Å². The monoisotopic (exact) mass is 329 g/mol. The molecule has 0 spiro atoms. The molecule has 1 amide bonds. The molecule has 0 saturated carbocycles. The maximum absolute atomic E-state index is 12.9. The minimum Gasteiger partial charge on any atom is -0.465 e. The number of ether oxygens (including phenoxy) is 1. The van der Waals surface area contributed by atoms with E-state index in [0.29, 0.717) is 22.7 Å². The van der Waals surface area contributed by atoms with Crippen molar-refractivity contribution in [3.05, 3.63) is 64.2 Å². The van der Waals surface area contributed by atoms with Gasteiger partial charge < -0.3 is 9.64 Å². The highest BCUT2D eigenvalue weighted by molar-refractivity contribution is 6.34. The molecule has 5 heteroatoms. The molecule has 0 aromatic heterocycles. The maximum atomic E-state index is 12.9. The van der Waals surface area contributed by atoms with Gasteiger partial charge in [0.1, 0.15) is 0 Å². The van der Waals surface area contributed by atoms with Crippen molar-refractivity contribution in [2.45, 2.75) is 12.8 Å². The summed E-state index contributed by atoms with van der Waals surface area (Å²) in [6.45, 7) is 0.599. The van der Waals surface area contributed by atoms with Crippen molar-refractivity contribution in [2.75, 3.05) is 18.6 Å². The number of nitrogens with zero attached hydrogens (tertiary/aromatic N) is 1. The first-order valence-corrected chi connectivity index (χ1v) is 7.77. The molecule has 0 saturated heterocycles. The van der Waals surface area contributed by atoms with Gasteiger partial charge in [-0.05, 0) is 42.7 Å². The molecular weight excluding hydrogens is 314 g/mol. The van der Waals surface area contributed by atoms with E-state index < -0.39 is 5.97 Å². The molecule has 0 unspecified atom stereocenters. The Kier molecular flexibility index (Phi) is 4.35. The lowest BCUT2D eigenvalue weighted by molar-refractivity contribution is 0.0600. The van der Waals surface area contributed by atoms with Gasteiger partial charge in [0.15, 0.2) is 0 Å². The Morgan fingerprint density at radius 3 is 2.70 bits per heavy atom. The van der Waals surface area contributed by atoms with Gasteiger partial charge in [0.05, 0.1) is 23.3 Å². The number of hydrogen-bond acceptors (Lipinski definition) is 3. The van der Waals surface area contributed by atoms with Crippen molar-refractivity contribution < 1.29 is 14.3 Å². The predicted octanol–water partition coefficient (Wildman–Crippen LogP) is 3.72. The van der Waals surface area contributed by atoms with Crippen LogP contribution in [-0.2, 0) is 11.2 Å². The third-order valence-corrected chi connectivity index (χ3v) is 4.30. The molecule has 0 radical (unpaired) electrons. The smallest absolute Gasteiger partial charge is 0.337 e. The quantitative estimate of drug-likeness (QED) is 0.789. The van der Waals surface area contributed by atoms with Crippen LogP contribution in [0.2, 0.25) is 5.02 Å². The zero-order valence-electron chi connectivity index (χ0n) is 12.7. The van der Waals surface area contributed by atoms with Crippen molar-refractivity contribution in [3.63, 3.8) is 0 Å². The van der Waals surface area contributed by atoms with Crippen molar-refractivity contribution in [2.24, 2.45) is 0 Å². The summed E-state index contributed by atoms with van der Waals surface area (Å²) in [6, 6.07) is 12.3. The summed E-state index contributed by atoms with van der Waals surface area (Å²) in [4.78, 5) is 26.3. The fourth-order valence-corrected chi connectivity index (χ4v) is 3.03. The van der Waals surface area contributed by atoms with Gasteiger partial charge in [0.25, 0.3) is 5.91 Å². The lowest BCUT2D eigenvalue weighted by Crippen LogP contribution is -2.35. The lowest BCUT2D eigenvalue weighted by atomic mass is 9.98. The van der Waals surface area contributed by atoms with Gasteiger partial charge in [0, 0.05) is 12.2 Å². The van der Waals surface area contributed by atoms with E-state index in [1.165, 1.54) is 7.11 Å². The summed E-state index contributed by atoms with van der Waals surface area (Å²) in [5.74, 6) is -0.568. The number of rotatable bonds is 2. The van der Waals surface area contributed by atoms with Crippen molar-refractivity contribution in [1.29, 1.82) is 0 Å². The van der Waals surface area contributed by atoms with Crippen LogP contribution in [-0.4, -0.2) is 25.5 Å². The van der Waals surface area contributed by atoms with Crippen LogP contribution in [0.25, 0.3) is 0 Å². The molecule has 1 aliphatic rings. The SMILES string of the molecule is COC(=O)c1ccc2c(c1)N(C(=O)c1ccccc1Cl)CCC2. The van der Waals surface area contributed by atoms with E-state index in [9.17, 15) is 9.59 Å². The number of aryl methyl sites for hydroxylation is 1. The topological polar surface area (TPSA) is 46.6 Å². The van der Waals surface area contributed by atoms with Crippen LogP contribution in [0.4, 0.5) is 5.69 Å². The zero-order chi connectivity index (χ0) is 16.4. The molecule has 4 nitrogen and oxygen atoms in total. The highest BCUT2D eigenvalue weighted by Gasteiger charge is 2.25. The van der Waals surface area contributed by atoms with E-state index in [4.69, 9.17) is 16.3 Å². The number of benzene rings is 2. The fraction of sp³-hybridized carbons (Fsp3) is 0.222. The molecule has 0 atom stereocenters. The van der Waals surface area contributed by atoms with Gasteiger partial charge in [-0.2, -0.15) is 0 Å². The number of esters is 1. The molecule has 0 fully saturated rings. The summed E-state index contributed by atoms with van der Waals surface area (Å²) >= 11 is 6.15. The standard InChI is InChI=1S/C18H16ClNO3/c1-23-18(22)13-9-8-12-5-4-10-20(16(12)11-13)17(21)14-6-2-3-7-15(14)19/h2-3,6-9,11H,4-5,10H2,1H3. The lowest BCUT2D eigenvalue weighted by Gasteiger charge is -2.30. The van der Waals surface area contributed by atoms with E-state index in [0.717, 1.165) is 24.1 Å². The molecule has 0 bridgehead atoms. The molecular formula is C18H16ClNO3. The van der Waals surface area contributed by atoms with Gasteiger partial charge in [-0.3, -0.25) is 4.79 Å². The van der Waals surface area contributed by atoms with Gasteiger partial charge in [-0.15, -0.1) is 0 Å². The van der Waals surface area contributed by atoms with Gasteiger partial charge >= 0.3 is 5.97 Å². The first-order chi connectivity index (χ1) is 11.1. The highest BCUT2D eigenvalue weighted by atomic mass is 35.5. The average molecular weight is 330 g/mol. The maximum Gasteiger partial charge on any atom is 0.337 e. The van der Waals surface area contributed by atoms with Crippen LogP contribution >= 0.6 is 11.6 Å². The molecule has 23 heavy (non-hydrogen) atoms. The van der Waals surface area contributed by atoms with Crippen molar-refractivity contribution in [1.82, 2.24) is 0 Å². The van der Waals surface area contributed by atoms with Gasteiger partial charge in [0.2, 0.25) is 0 Å².